The second kappa shape index (κ2) is 11.4. The van der Waals surface area contributed by atoms with E-state index in [1.165, 1.54) is 11.3 Å². The first-order valence-corrected chi connectivity index (χ1v) is 14.3. The number of hydrogen-bond acceptors (Lipinski definition) is 6. The molecule has 0 atom stereocenters. The van der Waals surface area contributed by atoms with Crippen LogP contribution in [-0.4, -0.2) is 41.2 Å². The lowest BCUT2D eigenvalue weighted by Gasteiger charge is -2.39. The summed E-state index contributed by atoms with van der Waals surface area (Å²) in [6.45, 7) is 8.49. The third-order valence-corrected chi connectivity index (χ3v) is 9.27. The van der Waals surface area contributed by atoms with Gasteiger partial charge >= 0.3 is 5.97 Å². The quantitative estimate of drug-likeness (QED) is 0.430. The number of pyridine rings is 1. The van der Waals surface area contributed by atoms with Crippen molar-refractivity contribution in [2.45, 2.75) is 96.6 Å². The number of amides is 1. The van der Waals surface area contributed by atoms with Gasteiger partial charge in [-0.25, -0.2) is 9.78 Å². The number of carbonyl (C=O) groups is 2. The Morgan fingerprint density at radius 3 is 2.32 bits per heavy atom. The van der Waals surface area contributed by atoms with Crippen molar-refractivity contribution in [1.82, 2.24) is 4.98 Å². The van der Waals surface area contributed by atoms with Gasteiger partial charge in [-0.05, 0) is 74.8 Å². The summed E-state index contributed by atoms with van der Waals surface area (Å²) < 4.78 is 11.4. The molecule has 37 heavy (non-hydrogen) atoms. The van der Waals surface area contributed by atoms with Gasteiger partial charge in [0, 0.05) is 29.1 Å². The monoisotopic (exact) mass is 528 g/mol. The first-order chi connectivity index (χ1) is 17.6. The fourth-order valence-electron chi connectivity index (χ4n) is 5.47. The summed E-state index contributed by atoms with van der Waals surface area (Å²) >= 11 is 1.30. The Kier molecular flexibility index (Phi) is 8.46. The number of carboxylic acid groups (broad SMARTS) is 1. The maximum atomic E-state index is 14.1. The summed E-state index contributed by atoms with van der Waals surface area (Å²) in [5.41, 5.74) is 0.383. The molecule has 2 aliphatic rings. The maximum Gasteiger partial charge on any atom is 0.348 e. The molecule has 202 valence electrons. The van der Waals surface area contributed by atoms with Gasteiger partial charge in [0.05, 0.1) is 18.9 Å². The summed E-state index contributed by atoms with van der Waals surface area (Å²) in [6, 6.07) is 5.53. The van der Waals surface area contributed by atoms with Gasteiger partial charge in [0.15, 0.2) is 0 Å². The molecule has 0 spiro atoms. The van der Waals surface area contributed by atoms with Crippen LogP contribution in [0.15, 0.2) is 24.4 Å². The topological polar surface area (TPSA) is 89.0 Å². The number of methoxy groups -OCH3 is 1. The van der Waals surface area contributed by atoms with Crippen molar-refractivity contribution < 1.29 is 24.2 Å². The van der Waals surface area contributed by atoms with Crippen LogP contribution in [0.3, 0.4) is 0 Å². The van der Waals surface area contributed by atoms with Gasteiger partial charge < -0.3 is 19.5 Å². The summed E-state index contributed by atoms with van der Waals surface area (Å²) in [5, 5.41) is 10.1. The normalized spacial score (nSPS) is 24.4. The molecule has 2 heterocycles. The Morgan fingerprint density at radius 1 is 1.05 bits per heavy atom. The van der Waals surface area contributed by atoms with Crippen LogP contribution >= 0.6 is 11.3 Å². The van der Waals surface area contributed by atoms with Gasteiger partial charge in [-0.1, -0.05) is 27.7 Å². The third kappa shape index (κ3) is 6.46. The molecule has 0 aliphatic heterocycles. The maximum absolute atomic E-state index is 14.1. The number of carbonyl (C=O) groups excluding carboxylic acids is 1. The predicted octanol–water partition coefficient (Wildman–Crippen LogP) is 6.70. The summed E-state index contributed by atoms with van der Waals surface area (Å²) in [7, 11) is 1.58. The SMILES string of the molecule is COc1cc(O[C@H]2CC[C@H](N(c3cc(C(C)(C)C)sc3C(=O)O)C(=O)[C@H]3CC[C@H](C)CC3)CC2)ccn1. The van der Waals surface area contributed by atoms with Gasteiger partial charge in [-0.2, -0.15) is 0 Å². The molecule has 0 unspecified atom stereocenters. The zero-order chi connectivity index (χ0) is 26.7. The van der Waals surface area contributed by atoms with E-state index in [1.54, 1.807) is 19.4 Å². The average Bonchev–Trinajstić information content (AvgIpc) is 3.32. The number of anilines is 1. The Morgan fingerprint density at radius 2 is 1.73 bits per heavy atom. The summed E-state index contributed by atoms with van der Waals surface area (Å²) in [5.74, 6) is 0.956. The molecule has 2 aliphatic carbocycles. The second-order valence-electron chi connectivity index (χ2n) is 11.6. The standard InChI is InChI=1S/C29H40N2O5S/c1-18-6-8-19(9-7-18)27(32)31(23-17-24(29(2,3)4)37-26(23)28(33)34)20-10-12-21(13-11-20)36-22-14-15-30-25(16-22)35-5/h14-21H,6-13H2,1-5H3,(H,33,34)/t18-,19-,20-,21-. The molecule has 2 aromatic rings. The minimum absolute atomic E-state index is 0.0300. The fourth-order valence-corrected chi connectivity index (χ4v) is 6.52. The molecule has 7 nitrogen and oxygen atoms in total. The number of rotatable bonds is 7. The highest BCUT2D eigenvalue weighted by Gasteiger charge is 2.38. The molecule has 8 heteroatoms. The molecule has 0 bridgehead atoms. The number of ether oxygens (including phenoxy) is 2. The fraction of sp³-hybridized carbons (Fsp3) is 0.621. The third-order valence-electron chi connectivity index (χ3n) is 7.74. The lowest BCUT2D eigenvalue weighted by Crippen LogP contribution is -2.47. The minimum atomic E-state index is -0.964. The highest BCUT2D eigenvalue weighted by molar-refractivity contribution is 7.14. The van der Waals surface area contributed by atoms with Crippen molar-refractivity contribution in [2.75, 3.05) is 12.0 Å². The summed E-state index contributed by atoms with van der Waals surface area (Å²) in [4.78, 5) is 33.7. The lowest BCUT2D eigenvalue weighted by atomic mass is 9.81. The van der Waals surface area contributed by atoms with E-state index < -0.39 is 5.97 Å². The Labute approximate surface area is 224 Å². The van der Waals surface area contributed by atoms with Gasteiger partial charge in [0.25, 0.3) is 0 Å². The number of thiophene rings is 1. The lowest BCUT2D eigenvalue weighted by molar-refractivity contribution is -0.124. The molecule has 1 amide bonds. The molecular weight excluding hydrogens is 488 g/mol. The van der Waals surface area contributed by atoms with Crippen LogP contribution in [0.1, 0.15) is 93.6 Å². The molecule has 2 aromatic heterocycles. The number of hydrogen-bond donors (Lipinski definition) is 1. The van der Waals surface area contributed by atoms with Crippen LogP contribution in [0.2, 0.25) is 0 Å². The largest absolute Gasteiger partial charge is 0.490 e. The van der Waals surface area contributed by atoms with Crippen LogP contribution in [0, 0.1) is 11.8 Å². The van der Waals surface area contributed by atoms with Gasteiger partial charge in [0.2, 0.25) is 11.8 Å². The van der Waals surface area contributed by atoms with Gasteiger partial charge in [-0.15, -0.1) is 11.3 Å². The highest BCUT2D eigenvalue weighted by atomic mass is 32.1. The zero-order valence-corrected chi connectivity index (χ0v) is 23.5. The summed E-state index contributed by atoms with van der Waals surface area (Å²) in [6.07, 6.45) is 8.65. The van der Waals surface area contributed by atoms with Gasteiger partial charge in [0.1, 0.15) is 10.6 Å². The van der Waals surface area contributed by atoms with Crippen LogP contribution in [-0.2, 0) is 10.2 Å². The van der Waals surface area contributed by atoms with Crippen molar-refractivity contribution >= 4 is 28.9 Å². The Hall–Kier alpha value is -2.61. The van der Waals surface area contributed by atoms with Gasteiger partial charge in [-0.3, -0.25) is 4.79 Å². The van der Waals surface area contributed by atoms with E-state index in [0.29, 0.717) is 17.5 Å². The number of carboxylic acids is 1. The predicted molar refractivity (Wildman–Crippen MR) is 146 cm³/mol. The van der Waals surface area contributed by atoms with E-state index >= 15 is 0 Å². The van der Waals surface area contributed by atoms with E-state index in [9.17, 15) is 14.7 Å². The van der Waals surface area contributed by atoms with E-state index in [0.717, 1.165) is 62.0 Å². The van der Waals surface area contributed by atoms with Crippen molar-refractivity contribution in [1.29, 1.82) is 0 Å². The van der Waals surface area contributed by atoms with Crippen molar-refractivity contribution in [3.63, 3.8) is 0 Å². The van der Waals surface area contributed by atoms with Crippen LogP contribution in [0.4, 0.5) is 5.69 Å². The molecule has 4 rings (SSSR count). The first kappa shape index (κ1) is 27.4. The van der Waals surface area contributed by atoms with E-state index in [2.05, 4.69) is 32.7 Å². The average molecular weight is 529 g/mol. The molecule has 0 saturated heterocycles. The van der Waals surface area contributed by atoms with E-state index in [4.69, 9.17) is 9.47 Å². The van der Waals surface area contributed by atoms with Crippen LogP contribution in [0.25, 0.3) is 0 Å². The highest BCUT2D eigenvalue weighted by Crippen LogP contribution is 2.42. The Bertz CT molecular complexity index is 1090. The van der Waals surface area contributed by atoms with E-state index in [-0.39, 0.29) is 34.3 Å². The molecule has 1 N–H and O–H groups in total. The van der Waals surface area contributed by atoms with Crippen molar-refractivity contribution in [3.8, 4) is 11.6 Å². The smallest absolute Gasteiger partial charge is 0.348 e. The number of aromatic nitrogens is 1. The molecule has 2 fully saturated rings. The number of aromatic carboxylic acids is 1. The van der Waals surface area contributed by atoms with E-state index in [1.807, 2.05) is 17.0 Å². The van der Waals surface area contributed by atoms with Crippen LogP contribution < -0.4 is 14.4 Å². The van der Waals surface area contributed by atoms with Crippen LogP contribution in [0.5, 0.6) is 11.6 Å². The minimum Gasteiger partial charge on any atom is -0.490 e. The zero-order valence-electron chi connectivity index (χ0n) is 22.7. The van der Waals surface area contributed by atoms with Crippen molar-refractivity contribution in [3.05, 3.63) is 34.2 Å². The molecule has 0 radical (unpaired) electrons. The molecular formula is C29H40N2O5S. The Balaban J connectivity index is 1.58. The molecule has 0 aromatic carbocycles. The van der Waals surface area contributed by atoms with Crippen molar-refractivity contribution in [2.24, 2.45) is 11.8 Å². The second-order valence-corrected chi connectivity index (χ2v) is 12.7. The first-order valence-electron chi connectivity index (χ1n) is 13.4. The molecule has 2 saturated carbocycles. The number of nitrogens with zero attached hydrogens (tertiary/aromatic N) is 2.